The number of halogens is 4. The molecule has 14 heteroatoms. The van der Waals surface area contributed by atoms with Crippen molar-refractivity contribution >= 4 is 35.7 Å². The van der Waals surface area contributed by atoms with Crippen molar-refractivity contribution in [3.8, 4) is 56.8 Å². The Kier molecular flexibility index (Phi) is 13.1. The predicted molar refractivity (Wildman–Crippen MR) is 216 cm³/mol. The van der Waals surface area contributed by atoms with Crippen LogP contribution in [0, 0.1) is 23.3 Å². The molecule has 0 spiro atoms. The highest BCUT2D eigenvalue weighted by molar-refractivity contribution is 6.11. The number of phenols is 2. The van der Waals surface area contributed by atoms with E-state index in [1.165, 1.54) is 111 Å². The maximum atomic E-state index is 14.2. The molecule has 0 aliphatic heterocycles. The number of carbonyl (C=O) groups excluding carboxylic acids is 4. The summed E-state index contributed by atoms with van der Waals surface area (Å²) in [5.74, 6) is -6.99. The van der Waals surface area contributed by atoms with Gasteiger partial charge in [0.05, 0.1) is 20.6 Å². The first-order chi connectivity index (χ1) is 29.2. The Hall–Kier alpha value is -8.00. The first kappa shape index (κ1) is 42.6. The molecule has 0 aliphatic rings. The molecule has 10 nitrogen and oxygen atoms in total. The molecule has 0 aromatic heterocycles. The van der Waals surface area contributed by atoms with Crippen LogP contribution in [0.5, 0.6) is 34.5 Å². The van der Waals surface area contributed by atoms with E-state index in [2.05, 4.69) is 0 Å². The molecule has 0 heterocycles. The second-order valence-corrected chi connectivity index (χ2v) is 13.1. The van der Waals surface area contributed by atoms with E-state index >= 15 is 0 Å². The van der Waals surface area contributed by atoms with Crippen LogP contribution in [-0.4, -0.2) is 47.9 Å². The quantitative estimate of drug-likeness (QED) is 0.0358. The van der Waals surface area contributed by atoms with Crippen molar-refractivity contribution < 1.29 is 65.9 Å². The summed E-state index contributed by atoms with van der Waals surface area (Å²) in [6, 6.07) is 22.2. The van der Waals surface area contributed by atoms with E-state index in [0.29, 0.717) is 23.3 Å². The van der Waals surface area contributed by atoms with Gasteiger partial charge in [0.2, 0.25) is 0 Å². The lowest BCUT2D eigenvalue weighted by molar-refractivity contribution is -0.121. The van der Waals surface area contributed by atoms with E-state index in [1.807, 2.05) is 0 Å². The van der Waals surface area contributed by atoms with E-state index in [4.69, 9.17) is 18.9 Å². The van der Waals surface area contributed by atoms with Crippen LogP contribution in [0.4, 0.5) is 17.6 Å². The molecule has 0 unspecified atom stereocenters. The smallest absolute Gasteiger partial charge is 0.347 e. The number of methoxy groups -OCH3 is 2. The van der Waals surface area contributed by atoms with Crippen LogP contribution < -0.4 is 18.9 Å². The third-order valence-electron chi connectivity index (χ3n) is 8.97. The van der Waals surface area contributed by atoms with Gasteiger partial charge in [-0.2, -0.15) is 0 Å². The molecule has 0 bridgehead atoms. The summed E-state index contributed by atoms with van der Waals surface area (Å²) in [6.07, 6.45) is 4.76. The number of esters is 2. The number of ether oxygens (including phenoxy) is 4. The molecule has 6 aromatic carbocycles. The zero-order valence-electron chi connectivity index (χ0n) is 32.1. The summed E-state index contributed by atoms with van der Waals surface area (Å²) in [4.78, 5) is 51.1. The Bertz CT molecular complexity index is 2570. The molecule has 308 valence electrons. The van der Waals surface area contributed by atoms with Gasteiger partial charge in [-0.05, 0) is 107 Å². The third kappa shape index (κ3) is 10.4. The number of rotatable bonds is 14. The van der Waals surface area contributed by atoms with Gasteiger partial charge < -0.3 is 29.2 Å². The van der Waals surface area contributed by atoms with E-state index < -0.39 is 64.7 Å². The SMILES string of the molecule is COc1cc(/C=C/C(=O)CC(=O)/C=C/c2ccc(OC(=O)c3ccc(-c4ccc(F)cc4F)cc3O)c(OC)c2)ccc1OC(=O)c1ccc(-c2ccc(F)cc2F)cc1O. The Labute approximate surface area is 345 Å². The molecule has 0 atom stereocenters. The van der Waals surface area contributed by atoms with Crippen LogP contribution in [0.15, 0.2) is 121 Å². The van der Waals surface area contributed by atoms with Gasteiger partial charge in [0.15, 0.2) is 34.6 Å². The minimum absolute atomic E-state index is 0.0143. The third-order valence-corrected chi connectivity index (χ3v) is 8.97. The monoisotopic (exact) mass is 832 g/mol. The molecule has 0 aliphatic carbocycles. The minimum Gasteiger partial charge on any atom is -0.507 e. The lowest BCUT2D eigenvalue weighted by Gasteiger charge is -2.12. The number of benzene rings is 6. The van der Waals surface area contributed by atoms with Crippen molar-refractivity contribution in [1.82, 2.24) is 0 Å². The Morgan fingerprint density at radius 2 is 0.918 bits per heavy atom. The molecule has 61 heavy (non-hydrogen) atoms. The molecule has 0 saturated carbocycles. The van der Waals surface area contributed by atoms with Crippen LogP contribution in [0.25, 0.3) is 34.4 Å². The molecule has 0 fully saturated rings. The molecule has 6 aromatic rings. The molecule has 0 amide bonds. The summed E-state index contributed by atoms with van der Waals surface area (Å²) >= 11 is 0. The minimum atomic E-state index is -0.950. The lowest BCUT2D eigenvalue weighted by atomic mass is 10.0. The first-order valence-electron chi connectivity index (χ1n) is 18.0. The maximum absolute atomic E-state index is 14.2. The second-order valence-electron chi connectivity index (χ2n) is 13.1. The van der Waals surface area contributed by atoms with Crippen LogP contribution >= 0.6 is 0 Å². The Balaban J connectivity index is 1.03. The van der Waals surface area contributed by atoms with Crippen molar-refractivity contribution in [2.24, 2.45) is 0 Å². The molecular weight excluding hydrogens is 800 g/mol. The van der Waals surface area contributed by atoms with Gasteiger partial charge in [-0.15, -0.1) is 0 Å². The standard InChI is InChI=1S/C47H32F4O10/c1-58-44-19-26(5-17-42(44)60-46(56)36-13-7-28(21-40(36)54)34-15-9-30(48)23-38(34)50)3-11-32(52)25-33(53)12-4-27-6-18-43(45(20-27)59-2)61-47(57)37-14-8-29(22-41(37)55)35-16-10-31(49)24-39(35)51/h3-24,54-55H,25H2,1-2H3/b11-3+,12-4+. The van der Waals surface area contributed by atoms with Gasteiger partial charge in [-0.25, -0.2) is 27.2 Å². The highest BCUT2D eigenvalue weighted by atomic mass is 19.1. The van der Waals surface area contributed by atoms with Crippen LogP contribution in [-0.2, 0) is 9.59 Å². The number of hydrogen-bond donors (Lipinski definition) is 2. The van der Waals surface area contributed by atoms with Gasteiger partial charge in [0.25, 0.3) is 0 Å². The van der Waals surface area contributed by atoms with Gasteiger partial charge in [-0.3, -0.25) is 9.59 Å². The van der Waals surface area contributed by atoms with Gasteiger partial charge in [0, 0.05) is 23.3 Å². The lowest BCUT2D eigenvalue weighted by Crippen LogP contribution is -2.09. The van der Waals surface area contributed by atoms with Crippen molar-refractivity contribution in [1.29, 1.82) is 0 Å². The van der Waals surface area contributed by atoms with Crippen molar-refractivity contribution in [2.75, 3.05) is 14.2 Å². The highest BCUT2D eigenvalue weighted by Gasteiger charge is 2.20. The fourth-order valence-electron chi connectivity index (χ4n) is 5.91. The normalized spacial score (nSPS) is 11.1. The second kappa shape index (κ2) is 18.7. The molecular formula is C47H32F4O10. The average Bonchev–Trinajstić information content (AvgIpc) is 3.22. The summed E-state index contributed by atoms with van der Waals surface area (Å²) in [5.41, 5.74) is 0.906. The maximum Gasteiger partial charge on any atom is 0.347 e. The van der Waals surface area contributed by atoms with E-state index in [9.17, 15) is 47.0 Å². The van der Waals surface area contributed by atoms with Crippen LogP contribution in [0.3, 0.4) is 0 Å². The fraction of sp³-hybridized carbons (Fsp3) is 0.0638. The van der Waals surface area contributed by atoms with Crippen LogP contribution in [0.1, 0.15) is 38.3 Å². The molecule has 0 radical (unpaired) electrons. The molecule has 6 rings (SSSR count). The van der Waals surface area contributed by atoms with Gasteiger partial charge in [-0.1, -0.05) is 36.4 Å². The number of ketones is 2. The van der Waals surface area contributed by atoms with Gasteiger partial charge >= 0.3 is 11.9 Å². The van der Waals surface area contributed by atoms with Crippen molar-refractivity contribution in [2.45, 2.75) is 6.42 Å². The summed E-state index contributed by atoms with van der Waals surface area (Å²) in [6.45, 7) is 0. The Morgan fingerprint density at radius 1 is 0.508 bits per heavy atom. The number of aromatic hydroxyl groups is 2. The van der Waals surface area contributed by atoms with Crippen molar-refractivity contribution in [3.05, 3.63) is 167 Å². The average molecular weight is 833 g/mol. The fourth-order valence-corrected chi connectivity index (χ4v) is 5.91. The topological polar surface area (TPSA) is 146 Å². The van der Waals surface area contributed by atoms with Crippen molar-refractivity contribution in [3.63, 3.8) is 0 Å². The van der Waals surface area contributed by atoms with Crippen LogP contribution in [0.2, 0.25) is 0 Å². The zero-order chi connectivity index (χ0) is 43.8. The number of allylic oxidation sites excluding steroid dienone is 2. The predicted octanol–water partition coefficient (Wildman–Crippen LogP) is 9.70. The number of carbonyl (C=O) groups is 4. The number of hydrogen-bond acceptors (Lipinski definition) is 10. The highest BCUT2D eigenvalue weighted by Crippen LogP contribution is 2.35. The van der Waals surface area contributed by atoms with E-state index in [1.54, 1.807) is 0 Å². The molecule has 2 N–H and O–H groups in total. The van der Waals surface area contributed by atoms with Gasteiger partial charge in [0.1, 0.15) is 45.9 Å². The largest absolute Gasteiger partial charge is 0.507 e. The Morgan fingerprint density at radius 3 is 1.28 bits per heavy atom. The summed E-state index contributed by atoms with van der Waals surface area (Å²) < 4.78 is 76.6. The van der Waals surface area contributed by atoms with E-state index in [-0.39, 0.29) is 56.4 Å². The summed E-state index contributed by atoms with van der Waals surface area (Å²) in [5, 5.41) is 21.0. The molecule has 0 saturated heterocycles. The number of phenolic OH excluding ortho intramolecular Hbond substituents is 2. The summed E-state index contributed by atoms with van der Waals surface area (Å²) in [7, 11) is 2.65. The van der Waals surface area contributed by atoms with E-state index in [0.717, 1.165) is 24.3 Å². The first-order valence-corrected chi connectivity index (χ1v) is 18.0. The zero-order valence-corrected chi connectivity index (χ0v) is 32.1.